The fraction of sp³-hybridized carbons (Fsp3) is 0.176. The highest BCUT2D eigenvalue weighted by atomic mass is 32.2. The maximum Gasteiger partial charge on any atom is 0.210 e. The Morgan fingerprint density at radius 3 is 2.36 bits per heavy atom. The smallest absolute Gasteiger partial charge is 0.210 e. The van der Waals surface area contributed by atoms with Crippen molar-refractivity contribution in [3.05, 3.63) is 65.7 Å². The minimum absolute atomic E-state index is 0.263. The van der Waals surface area contributed by atoms with Crippen molar-refractivity contribution in [1.29, 1.82) is 0 Å². The number of nitrogens with zero attached hydrogens (tertiary/aromatic N) is 3. The molecule has 0 saturated carbocycles. The molecule has 2 N–H and O–H groups in total. The van der Waals surface area contributed by atoms with Gasteiger partial charge in [0, 0.05) is 10.8 Å². The topological polar surface area (TPSA) is 56.7 Å². The minimum Gasteiger partial charge on any atom is -0.335 e. The zero-order chi connectivity index (χ0) is 15.5. The fourth-order valence-corrected chi connectivity index (χ4v) is 3.10. The average molecular weight is 310 g/mol. The molecule has 5 heteroatoms. The van der Waals surface area contributed by atoms with Crippen molar-refractivity contribution in [1.82, 2.24) is 14.9 Å². The summed E-state index contributed by atoms with van der Waals surface area (Å²) in [5, 5.41) is 9.44. The second kappa shape index (κ2) is 6.23. The Morgan fingerprint density at radius 2 is 1.68 bits per heavy atom. The standard InChI is InChI=1S/C17H18N4S/c1-12-8-10-15(11-9-12)16-19-20-17(21(16)18)22-13(2)14-6-4-3-5-7-14/h3-11,13H,18H2,1-2H3/t13-/m0/s1. The minimum atomic E-state index is 0.263. The van der Waals surface area contributed by atoms with Crippen LogP contribution in [-0.4, -0.2) is 14.9 Å². The molecule has 3 aromatic rings. The van der Waals surface area contributed by atoms with E-state index in [2.05, 4.69) is 36.2 Å². The van der Waals surface area contributed by atoms with Gasteiger partial charge in [-0.05, 0) is 19.4 Å². The number of rotatable bonds is 4. The SMILES string of the molecule is Cc1ccc(-c2nnc(S[C@@H](C)c3ccccc3)n2N)cc1. The van der Waals surface area contributed by atoms with Crippen LogP contribution in [0.5, 0.6) is 0 Å². The van der Waals surface area contributed by atoms with E-state index in [1.165, 1.54) is 11.1 Å². The first-order chi connectivity index (χ1) is 10.6. The highest BCUT2D eigenvalue weighted by Gasteiger charge is 2.15. The van der Waals surface area contributed by atoms with Gasteiger partial charge in [0.2, 0.25) is 5.16 Å². The molecule has 1 atom stereocenters. The molecule has 0 unspecified atom stereocenters. The van der Waals surface area contributed by atoms with E-state index in [9.17, 15) is 0 Å². The van der Waals surface area contributed by atoms with Gasteiger partial charge in [0.15, 0.2) is 5.82 Å². The molecule has 0 amide bonds. The number of hydrogen-bond acceptors (Lipinski definition) is 4. The number of nitrogen functional groups attached to an aromatic ring is 1. The number of hydrogen-bond donors (Lipinski definition) is 1. The molecule has 4 nitrogen and oxygen atoms in total. The van der Waals surface area contributed by atoms with Crippen LogP contribution in [0, 0.1) is 6.92 Å². The summed E-state index contributed by atoms with van der Waals surface area (Å²) in [7, 11) is 0. The summed E-state index contributed by atoms with van der Waals surface area (Å²) in [5.74, 6) is 6.85. The Bertz CT molecular complexity index is 750. The highest BCUT2D eigenvalue weighted by Crippen LogP contribution is 2.34. The lowest BCUT2D eigenvalue weighted by molar-refractivity contribution is 0.844. The van der Waals surface area contributed by atoms with E-state index < -0.39 is 0 Å². The predicted molar refractivity (Wildman–Crippen MR) is 91.1 cm³/mol. The van der Waals surface area contributed by atoms with E-state index in [0.717, 1.165) is 5.56 Å². The van der Waals surface area contributed by atoms with E-state index in [-0.39, 0.29) is 5.25 Å². The van der Waals surface area contributed by atoms with Crippen molar-refractivity contribution in [3.8, 4) is 11.4 Å². The number of nitrogens with two attached hydrogens (primary N) is 1. The molecule has 0 saturated heterocycles. The molecule has 0 aliphatic carbocycles. The van der Waals surface area contributed by atoms with Gasteiger partial charge in [-0.15, -0.1) is 10.2 Å². The summed E-state index contributed by atoms with van der Waals surface area (Å²) >= 11 is 1.61. The van der Waals surface area contributed by atoms with Crippen molar-refractivity contribution in [2.75, 3.05) is 5.84 Å². The van der Waals surface area contributed by atoms with Crippen molar-refractivity contribution in [2.45, 2.75) is 24.3 Å². The number of thioether (sulfide) groups is 1. The summed E-state index contributed by atoms with van der Waals surface area (Å²) in [4.78, 5) is 0. The third-order valence-corrected chi connectivity index (χ3v) is 4.64. The summed E-state index contributed by atoms with van der Waals surface area (Å²) in [6.07, 6.45) is 0. The molecule has 2 aromatic carbocycles. The van der Waals surface area contributed by atoms with Gasteiger partial charge in [-0.2, -0.15) is 0 Å². The Balaban J connectivity index is 1.83. The molecule has 0 fully saturated rings. The van der Waals surface area contributed by atoms with Crippen molar-refractivity contribution in [3.63, 3.8) is 0 Å². The molecule has 0 bridgehead atoms. The largest absolute Gasteiger partial charge is 0.335 e. The average Bonchev–Trinajstić information content (AvgIpc) is 2.90. The van der Waals surface area contributed by atoms with Gasteiger partial charge in [-0.1, -0.05) is 71.9 Å². The number of aromatic nitrogens is 3. The third-order valence-electron chi connectivity index (χ3n) is 3.53. The first kappa shape index (κ1) is 14.7. The van der Waals surface area contributed by atoms with E-state index >= 15 is 0 Å². The Hall–Kier alpha value is -2.27. The molecule has 1 aromatic heterocycles. The van der Waals surface area contributed by atoms with Gasteiger partial charge in [0.25, 0.3) is 0 Å². The van der Waals surface area contributed by atoms with Gasteiger partial charge in [0.1, 0.15) is 0 Å². The van der Waals surface area contributed by atoms with E-state index in [1.807, 2.05) is 42.5 Å². The lowest BCUT2D eigenvalue weighted by Gasteiger charge is -2.10. The predicted octanol–water partition coefficient (Wildman–Crippen LogP) is 3.82. The van der Waals surface area contributed by atoms with Crippen LogP contribution in [0.15, 0.2) is 59.8 Å². The summed E-state index contributed by atoms with van der Waals surface area (Å²) in [5.41, 5.74) is 3.42. The molecule has 0 aliphatic heterocycles. The van der Waals surface area contributed by atoms with E-state index in [4.69, 9.17) is 5.84 Å². The zero-order valence-corrected chi connectivity index (χ0v) is 13.4. The van der Waals surface area contributed by atoms with Crippen molar-refractivity contribution < 1.29 is 0 Å². The molecule has 22 heavy (non-hydrogen) atoms. The fourth-order valence-electron chi connectivity index (χ4n) is 2.21. The molecule has 1 heterocycles. The first-order valence-corrected chi connectivity index (χ1v) is 8.02. The molecule has 0 radical (unpaired) electrons. The van der Waals surface area contributed by atoms with E-state index in [0.29, 0.717) is 11.0 Å². The van der Waals surface area contributed by atoms with Crippen molar-refractivity contribution >= 4 is 11.8 Å². The first-order valence-electron chi connectivity index (χ1n) is 7.14. The zero-order valence-electron chi connectivity index (χ0n) is 12.6. The van der Waals surface area contributed by atoms with Crippen LogP contribution in [0.25, 0.3) is 11.4 Å². The Labute approximate surface area is 134 Å². The molecular weight excluding hydrogens is 292 g/mol. The van der Waals surface area contributed by atoms with Crippen molar-refractivity contribution in [2.24, 2.45) is 0 Å². The molecular formula is C17H18N4S. The molecule has 0 spiro atoms. The molecule has 112 valence electrons. The molecule has 3 rings (SSSR count). The lowest BCUT2D eigenvalue weighted by atomic mass is 10.1. The monoisotopic (exact) mass is 310 g/mol. The Morgan fingerprint density at radius 1 is 1.00 bits per heavy atom. The van der Waals surface area contributed by atoms with Crippen LogP contribution in [0.4, 0.5) is 0 Å². The second-order valence-corrected chi connectivity index (χ2v) is 6.52. The second-order valence-electron chi connectivity index (χ2n) is 5.21. The quantitative estimate of drug-likeness (QED) is 0.588. The van der Waals surface area contributed by atoms with Crippen LogP contribution >= 0.6 is 11.8 Å². The number of aryl methyl sites for hydroxylation is 1. The van der Waals surface area contributed by atoms with Gasteiger partial charge in [-0.3, -0.25) is 0 Å². The van der Waals surface area contributed by atoms with Gasteiger partial charge >= 0.3 is 0 Å². The van der Waals surface area contributed by atoms with Crippen LogP contribution in [0.3, 0.4) is 0 Å². The van der Waals surface area contributed by atoms with Gasteiger partial charge in [0.05, 0.1) is 0 Å². The van der Waals surface area contributed by atoms with Crippen LogP contribution in [0.1, 0.15) is 23.3 Å². The van der Waals surface area contributed by atoms with Crippen LogP contribution in [0.2, 0.25) is 0 Å². The molecule has 0 aliphatic rings. The maximum atomic E-state index is 6.17. The summed E-state index contributed by atoms with van der Waals surface area (Å²) in [6, 6.07) is 18.4. The Kier molecular flexibility index (Phi) is 4.15. The van der Waals surface area contributed by atoms with Gasteiger partial charge in [-0.25, -0.2) is 4.68 Å². The third kappa shape index (κ3) is 2.99. The normalized spacial score (nSPS) is 12.3. The van der Waals surface area contributed by atoms with Crippen LogP contribution in [-0.2, 0) is 0 Å². The van der Waals surface area contributed by atoms with E-state index in [1.54, 1.807) is 16.4 Å². The summed E-state index contributed by atoms with van der Waals surface area (Å²) in [6.45, 7) is 4.19. The highest BCUT2D eigenvalue weighted by molar-refractivity contribution is 7.99. The maximum absolute atomic E-state index is 6.17. The van der Waals surface area contributed by atoms with Crippen LogP contribution < -0.4 is 5.84 Å². The number of benzene rings is 2. The van der Waals surface area contributed by atoms with Gasteiger partial charge < -0.3 is 5.84 Å². The lowest BCUT2D eigenvalue weighted by Crippen LogP contribution is -2.12. The summed E-state index contributed by atoms with van der Waals surface area (Å²) < 4.78 is 1.56.